The maximum absolute atomic E-state index is 13.3. The van der Waals surface area contributed by atoms with Crippen LogP contribution in [0.15, 0.2) is 96.1 Å². The first-order valence-electron chi connectivity index (χ1n) is 11.8. The van der Waals surface area contributed by atoms with Crippen LogP contribution >= 0.6 is 23.2 Å². The molecule has 5 aromatic rings. The number of esters is 1. The molecule has 0 saturated heterocycles. The number of rotatable bonds is 7. The Morgan fingerprint density at radius 1 is 0.872 bits per heavy atom. The molecular formula is C30H21Cl2N3O4. The fraction of sp³-hybridized carbons (Fsp3) is 0.0333. The van der Waals surface area contributed by atoms with Crippen molar-refractivity contribution < 1.29 is 19.1 Å². The first-order valence-corrected chi connectivity index (χ1v) is 12.6. The maximum atomic E-state index is 13.3. The highest BCUT2D eigenvalue weighted by atomic mass is 35.5. The van der Waals surface area contributed by atoms with E-state index in [2.05, 4.69) is 15.5 Å². The second-order valence-corrected chi connectivity index (χ2v) is 9.19. The zero-order valence-corrected chi connectivity index (χ0v) is 22.1. The first kappa shape index (κ1) is 26.0. The number of halogens is 2. The van der Waals surface area contributed by atoms with Gasteiger partial charge in [0.2, 0.25) is 0 Å². The Hall–Kier alpha value is -4.59. The van der Waals surface area contributed by atoms with E-state index in [0.29, 0.717) is 43.6 Å². The van der Waals surface area contributed by atoms with E-state index in [-0.39, 0.29) is 11.4 Å². The molecular weight excluding hydrogens is 537 g/mol. The third-order valence-electron chi connectivity index (χ3n) is 5.97. The zero-order valence-electron chi connectivity index (χ0n) is 20.6. The smallest absolute Gasteiger partial charge is 0.343 e. The number of para-hydroxylation sites is 2. The molecule has 2 N–H and O–H groups in total. The van der Waals surface area contributed by atoms with Gasteiger partial charge in [-0.1, -0.05) is 65.7 Å². The van der Waals surface area contributed by atoms with Gasteiger partial charge in [0.15, 0.2) is 0 Å². The van der Waals surface area contributed by atoms with E-state index in [0.717, 1.165) is 5.39 Å². The van der Waals surface area contributed by atoms with Crippen molar-refractivity contribution in [2.45, 2.75) is 0 Å². The minimum atomic E-state index is -0.540. The summed E-state index contributed by atoms with van der Waals surface area (Å²) < 4.78 is 10.7. The number of amides is 1. The number of aromatic nitrogens is 1. The third kappa shape index (κ3) is 5.50. The third-order valence-corrected chi connectivity index (χ3v) is 6.61. The molecule has 0 aliphatic carbocycles. The molecule has 0 aliphatic heterocycles. The number of nitrogens with one attached hydrogen (secondary N) is 2. The van der Waals surface area contributed by atoms with Crippen LogP contribution in [0.3, 0.4) is 0 Å². The maximum Gasteiger partial charge on any atom is 0.343 e. The van der Waals surface area contributed by atoms with Gasteiger partial charge in [0.05, 0.1) is 29.4 Å². The number of aromatic amines is 1. The largest absolute Gasteiger partial charge is 0.497 e. The minimum Gasteiger partial charge on any atom is -0.497 e. The molecule has 7 nitrogen and oxygen atoms in total. The molecule has 4 aromatic carbocycles. The van der Waals surface area contributed by atoms with Gasteiger partial charge in [0, 0.05) is 27.1 Å². The standard InChI is InChI=1S/C30H21Cl2N3O4/c1-38-20-15-13-18(14-16-20)30(37)39-25-12-5-2-7-19(25)17-33-35-29(36)28-26(21-8-3-4-10-23(21)31)22-9-6-11-24(32)27(22)34-28/h2-17,34H,1H3,(H,35,36). The predicted molar refractivity (Wildman–Crippen MR) is 153 cm³/mol. The van der Waals surface area contributed by atoms with E-state index in [4.69, 9.17) is 32.7 Å². The molecule has 5 rings (SSSR count). The van der Waals surface area contributed by atoms with Gasteiger partial charge in [-0.15, -0.1) is 0 Å². The zero-order chi connectivity index (χ0) is 27.4. The second kappa shape index (κ2) is 11.4. The summed E-state index contributed by atoms with van der Waals surface area (Å²) in [5, 5.41) is 5.82. The Balaban J connectivity index is 1.39. The molecule has 0 bridgehead atoms. The van der Waals surface area contributed by atoms with Gasteiger partial charge in [-0.2, -0.15) is 5.10 Å². The molecule has 39 heavy (non-hydrogen) atoms. The average Bonchev–Trinajstić information content (AvgIpc) is 3.35. The van der Waals surface area contributed by atoms with Crippen LogP contribution in [-0.4, -0.2) is 30.2 Å². The van der Waals surface area contributed by atoms with Crippen LogP contribution in [0.2, 0.25) is 10.0 Å². The number of hydrazone groups is 1. The van der Waals surface area contributed by atoms with Crippen molar-refractivity contribution in [3.8, 4) is 22.6 Å². The molecule has 0 unspecified atom stereocenters. The Morgan fingerprint density at radius 3 is 2.36 bits per heavy atom. The van der Waals surface area contributed by atoms with Crippen molar-refractivity contribution in [1.29, 1.82) is 0 Å². The number of fused-ring (bicyclic) bond motifs is 1. The van der Waals surface area contributed by atoms with Gasteiger partial charge in [-0.3, -0.25) is 4.79 Å². The number of carbonyl (C=O) groups is 2. The normalized spacial score (nSPS) is 11.1. The summed E-state index contributed by atoms with van der Waals surface area (Å²) in [6.45, 7) is 0. The van der Waals surface area contributed by atoms with Gasteiger partial charge < -0.3 is 14.5 Å². The van der Waals surface area contributed by atoms with Crippen molar-refractivity contribution in [3.05, 3.63) is 118 Å². The van der Waals surface area contributed by atoms with Crippen molar-refractivity contribution in [2.24, 2.45) is 5.10 Å². The summed E-state index contributed by atoms with van der Waals surface area (Å²) in [7, 11) is 1.55. The number of carbonyl (C=O) groups excluding carboxylic acids is 2. The number of methoxy groups -OCH3 is 1. The summed E-state index contributed by atoms with van der Waals surface area (Å²) in [5.41, 5.74) is 5.55. The topological polar surface area (TPSA) is 92.8 Å². The van der Waals surface area contributed by atoms with Crippen molar-refractivity contribution >= 4 is 52.2 Å². The van der Waals surface area contributed by atoms with Gasteiger partial charge >= 0.3 is 5.97 Å². The lowest BCUT2D eigenvalue weighted by atomic mass is 10.0. The van der Waals surface area contributed by atoms with Crippen molar-refractivity contribution in [1.82, 2.24) is 10.4 Å². The summed E-state index contributed by atoms with van der Waals surface area (Å²) in [6, 6.07) is 26.1. The summed E-state index contributed by atoms with van der Waals surface area (Å²) in [4.78, 5) is 29.0. The highest BCUT2D eigenvalue weighted by Crippen LogP contribution is 2.38. The lowest BCUT2D eigenvalue weighted by molar-refractivity contribution is 0.0734. The van der Waals surface area contributed by atoms with Crippen molar-refractivity contribution in [3.63, 3.8) is 0 Å². The first-order chi connectivity index (χ1) is 19.0. The summed E-state index contributed by atoms with van der Waals surface area (Å²) >= 11 is 12.9. The molecule has 1 aromatic heterocycles. The molecule has 0 radical (unpaired) electrons. The quantitative estimate of drug-likeness (QED) is 0.0962. The van der Waals surface area contributed by atoms with Gasteiger partial charge in [0.1, 0.15) is 17.2 Å². The SMILES string of the molecule is COc1ccc(C(=O)Oc2ccccc2C=NNC(=O)c2[nH]c3c(Cl)cccc3c2-c2ccccc2Cl)cc1. The Kier molecular flexibility index (Phi) is 7.63. The predicted octanol–water partition coefficient (Wildman–Crippen LogP) is 7.13. The number of H-pyrrole nitrogens is 1. The fourth-order valence-electron chi connectivity index (χ4n) is 4.08. The molecule has 194 valence electrons. The van der Waals surface area contributed by atoms with Crippen LogP contribution in [-0.2, 0) is 0 Å². The lowest BCUT2D eigenvalue weighted by Crippen LogP contribution is -2.19. The molecule has 0 saturated carbocycles. The molecule has 0 atom stereocenters. The number of hydrogen-bond donors (Lipinski definition) is 2. The lowest BCUT2D eigenvalue weighted by Gasteiger charge is -2.08. The Labute approximate surface area is 234 Å². The van der Waals surface area contributed by atoms with E-state index in [1.807, 2.05) is 30.3 Å². The molecule has 1 amide bonds. The van der Waals surface area contributed by atoms with E-state index in [1.165, 1.54) is 6.21 Å². The molecule has 0 aliphatic rings. The van der Waals surface area contributed by atoms with Crippen LogP contribution in [0.5, 0.6) is 11.5 Å². The number of hydrogen-bond acceptors (Lipinski definition) is 5. The van der Waals surface area contributed by atoms with E-state index >= 15 is 0 Å². The molecule has 0 spiro atoms. The summed E-state index contributed by atoms with van der Waals surface area (Å²) in [6.07, 6.45) is 1.40. The van der Waals surface area contributed by atoms with Crippen LogP contribution < -0.4 is 14.9 Å². The van der Waals surface area contributed by atoms with Crippen LogP contribution in [0.4, 0.5) is 0 Å². The van der Waals surface area contributed by atoms with Crippen LogP contribution in [0, 0.1) is 0 Å². The van der Waals surface area contributed by atoms with Crippen LogP contribution in [0.25, 0.3) is 22.0 Å². The van der Waals surface area contributed by atoms with E-state index < -0.39 is 11.9 Å². The molecule has 9 heteroatoms. The monoisotopic (exact) mass is 557 g/mol. The number of nitrogens with zero attached hydrogens (tertiary/aromatic N) is 1. The molecule has 1 heterocycles. The highest BCUT2D eigenvalue weighted by Gasteiger charge is 2.22. The number of ether oxygens (including phenoxy) is 2. The van der Waals surface area contributed by atoms with Gasteiger partial charge in [-0.05, 0) is 48.5 Å². The Morgan fingerprint density at radius 2 is 1.59 bits per heavy atom. The Bertz CT molecular complexity index is 1710. The summed E-state index contributed by atoms with van der Waals surface area (Å²) in [5.74, 6) is -0.127. The minimum absolute atomic E-state index is 0.252. The second-order valence-electron chi connectivity index (χ2n) is 8.37. The average molecular weight is 558 g/mol. The van der Waals surface area contributed by atoms with Crippen molar-refractivity contribution in [2.75, 3.05) is 7.11 Å². The van der Waals surface area contributed by atoms with E-state index in [1.54, 1.807) is 67.8 Å². The molecule has 0 fully saturated rings. The van der Waals surface area contributed by atoms with Crippen LogP contribution in [0.1, 0.15) is 26.4 Å². The highest BCUT2D eigenvalue weighted by molar-refractivity contribution is 6.37. The fourth-order valence-corrected chi connectivity index (χ4v) is 4.53. The number of benzene rings is 4. The van der Waals surface area contributed by atoms with E-state index in [9.17, 15) is 9.59 Å². The van der Waals surface area contributed by atoms with Gasteiger partial charge in [0.25, 0.3) is 5.91 Å². The van der Waals surface area contributed by atoms with Gasteiger partial charge in [-0.25, -0.2) is 10.2 Å².